The molecule has 0 spiro atoms. The molecular weight excluding hydrogens is 342 g/mol. The molecule has 0 aliphatic heterocycles. The summed E-state index contributed by atoms with van der Waals surface area (Å²) in [6.07, 6.45) is 2.37. The van der Waals surface area contributed by atoms with Crippen molar-refractivity contribution < 1.29 is 13.3 Å². The Morgan fingerprint density at radius 2 is 2.00 bits per heavy atom. The quantitative estimate of drug-likeness (QED) is 0.493. The van der Waals surface area contributed by atoms with Crippen molar-refractivity contribution in [2.45, 2.75) is 37.1 Å². The Morgan fingerprint density at radius 1 is 1.24 bits per heavy atom. The summed E-state index contributed by atoms with van der Waals surface area (Å²) < 4.78 is 28.1. The molecule has 1 atom stereocenters. The fourth-order valence-electron chi connectivity index (χ4n) is 3.17. The van der Waals surface area contributed by atoms with E-state index in [1.165, 1.54) is 12.1 Å². The minimum atomic E-state index is -3.87. The van der Waals surface area contributed by atoms with Crippen molar-refractivity contribution in [1.29, 1.82) is 0 Å². The average molecular weight is 361 g/mol. The maximum Gasteiger partial charge on any atom is 0.273 e. The van der Waals surface area contributed by atoms with Gasteiger partial charge in [0.1, 0.15) is 0 Å². The Labute approximate surface area is 146 Å². The van der Waals surface area contributed by atoms with Gasteiger partial charge in [0, 0.05) is 23.4 Å². The van der Waals surface area contributed by atoms with Crippen LogP contribution < -0.4 is 10.5 Å². The molecule has 0 amide bonds. The van der Waals surface area contributed by atoms with E-state index in [-0.39, 0.29) is 16.6 Å². The summed E-state index contributed by atoms with van der Waals surface area (Å²) in [5.41, 5.74) is 8.61. The maximum atomic E-state index is 12.7. The van der Waals surface area contributed by atoms with Gasteiger partial charge in [-0.1, -0.05) is 12.1 Å². The first kappa shape index (κ1) is 17.4. The SMILES string of the molecule is Cc1ccc(S(=O)(=O)NC2CCCc3cc(N)ccc32)cc1[N+](=O)[O-]. The highest BCUT2D eigenvalue weighted by Gasteiger charge is 2.27. The zero-order chi connectivity index (χ0) is 18.2. The molecule has 8 heteroatoms. The molecule has 2 aromatic carbocycles. The monoisotopic (exact) mass is 361 g/mol. The molecule has 0 aromatic heterocycles. The highest BCUT2D eigenvalue weighted by Crippen LogP contribution is 2.32. The number of anilines is 1. The number of aryl methyl sites for hydroxylation is 2. The molecule has 1 aliphatic rings. The van der Waals surface area contributed by atoms with Crippen LogP contribution >= 0.6 is 0 Å². The summed E-state index contributed by atoms with van der Waals surface area (Å²) in [4.78, 5) is 10.4. The Bertz CT molecular complexity index is 941. The van der Waals surface area contributed by atoms with Gasteiger partial charge < -0.3 is 5.73 Å². The van der Waals surface area contributed by atoms with Crippen LogP contribution in [0, 0.1) is 17.0 Å². The Hall–Kier alpha value is -2.45. The minimum absolute atomic E-state index is 0.104. The van der Waals surface area contributed by atoms with Crippen LogP contribution in [0.1, 0.15) is 35.6 Å². The van der Waals surface area contributed by atoms with Gasteiger partial charge >= 0.3 is 0 Å². The van der Waals surface area contributed by atoms with E-state index < -0.39 is 14.9 Å². The van der Waals surface area contributed by atoms with E-state index in [0.29, 0.717) is 17.7 Å². The van der Waals surface area contributed by atoms with Crippen LogP contribution in [0.3, 0.4) is 0 Å². The third-order valence-electron chi connectivity index (χ3n) is 4.47. The number of nitrogens with one attached hydrogen (secondary N) is 1. The van der Waals surface area contributed by atoms with E-state index >= 15 is 0 Å². The minimum Gasteiger partial charge on any atom is -0.399 e. The predicted octanol–water partition coefficient (Wildman–Crippen LogP) is 2.84. The van der Waals surface area contributed by atoms with Crippen LogP contribution in [0.15, 0.2) is 41.3 Å². The van der Waals surface area contributed by atoms with Crippen LogP contribution in [0.25, 0.3) is 0 Å². The van der Waals surface area contributed by atoms with Crippen LogP contribution in [-0.2, 0) is 16.4 Å². The topological polar surface area (TPSA) is 115 Å². The molecule has 0 heterocycles. The molecule has 0 saturated carbocycles. The smallest absolute Gasteiger partial charge is 0.273 e. The van der Waals surface area contributed by atoms with E-state index in [9.17, 15) is 18.5 Å². The lowest BCUT2D eigenvalue weighted by Gasteiger charge is -2.26. The summed E-state index contributed by atoms with van der Waals surface area (Å²) in [7, 11) is -3.87. The number of nitro groups is 1. The van der Waals surface area contributed by atoms with Gasteiger partial charge in [-0.05, 0) is 55.5 Å². The molecule has 3 rings (SSSR count). The highest BCUT2D eigenvalue weighted by molar-refractivity contribution is 7.89. The molecule has 7 nitrogen and oxygen atoms in total. The number of nitro benzene ring substituents is 1. The Kier molecular flexibility index (Phi) is 4.49. The van der Waals surface area contributed by atoms with Crippen molar-refractivity contribution in [3.63, 3.8) is 0 Å². The fraction of sp³-hybridized carbons (Fsp3) is 0.294. The number of nitrogen functional groups attached to an aromatic ring is 1. The van der Waals surface area contributed by atoms with Crippen molar-refractivity contribution in [1.82, 2.24) is 4.72 Å². The second-order valence-electron chi connectivity index (χ2n) is 6.23. The van der Waals surface area contributed by atoms with Gasteiger partial charge in [-0.25, -0.2) is 13.1 Å². The summed E-state index contributed by atoms with van der Waals surface area (Å²) in [6, 6.07) is 9.03. The summed E-state index contributed by atoms with van der Waals surface area (Å²) in [5.74, 6) is 0. The van der Waals surface area contributed by atoms with Crippen molar-refractivity contribution in [2.75, 3.05) is 5.73 Å². The fourth-order valence-corrected chi connectivity index (χ4v) is 4.43. The van der Waals surface area contributed by atoms with E-state index in [0.717, 1.165) is 30.0 Å². The van der Waals surface area contributed by atoms with Crippen molar-refractivity contribution >= 4 is 21.4 Å². The van der Waals surface area contributed by atoms with Gasteiger partial charge in [0.2, 0.25) is 10.0 Å². The van der Waals surface area contributed by atoms with E-state index in [2.05, 4.69) is 4.72 Å². The van der Waals surface area contributed by atoms with E-state index in [1.807, 2.05) is 12.1 Å². The molecule has 0 radical (unpaired) electrons. The number of hydrogen-bond acceptors (Lipinski definition) is 5. The molecule has 1 aliphatic carbocycles. The molecule has 0 bridgehead atoms. The summed E-state index contributed by atoms with van der Waals surface area (Å²) in [5, 5.41) is 11.1. The predicted molar refractivity (Wildman–Crippen MR) is 94.7 cm³/mol. The van der Waals surface area contributed by atoms with Crippen LogP contribution in [0.4, 0.5) is 11.4 Å². The van der Waals surface area contributed by atoms with E-state index in [4.69, 9.17) is 5.73 Å². The first-order valence-corrected chi connectivity index (χ1v) is 9.42. The molecule has 132 valence electrons. The van der Waals surface area contributed by atoms with Gasteiger partial charge in [0.15, 0.2) is 0 Å². The van der Waals surface area contributed by atoms with Gasteiger partial charge in [0.05, 0.1) is 9.82 Å². The van der Waals surface area contributed by atoms with Gasteiger partial charge in [-0.3, -0.25) is 10.1 Å². The molecule has 25 heavy (non-hydrogen) atoms. The molecule has 0 saturated heterocycles. The molecule has 3 N–H and O–H groups in total. The van der Waals surface area contributed by atoms with Crippen LogP contribution in [-0.4, -0.2) is 13.3 Å². The van der Waals surface area contributed by atoms with Crippen molar-refractivity contribution in [2.24, 2.45) is 0 Å². The second kappa shape index (κ2) is 6.45. The second-order valence-corrected chi connectivity index (χ2v) is 7.94. The zero-order valence-corrected chi connectivity index (χ0v) is 14.5. The number of nitrogens with two attached hydrogens (primary N) is 1. The number of rotatable bonds is 4. The zero-order valence-electron chi connectivity index (χ0n) is 13.7. The number of benzene rings is 2. The average Bonchev–Trinajstić information content (AvgIpc) is 2.54. The number of nitrogens with zero attached hydrogens (tertiary/aromatic N) is 1. The summed E-state index contributed by atoms with van der Waals surface area (Å²) in [6.45, 7) is 1.57. The van der Waals surface area contributed by atoms with Gasteiger partial charge in [-0.2, -0.15) is 0 Å². The van der Waals surface area contributed by atoms with Crippen LogP contribution in [0.5, 0.6) is 0 Å². The Morgan fingerprint density at radius 3 is 2.72 bits per heavy atom. The maximum absolute atomic E-state index is 12.7. The largest absolute Gasteiger partial charge is 0.399 e. The first-order valence-electron chi connectivity index (χ1n) is 7.93. The Balaban J connectivity index is 1.93. The lowest BCUT2D eigenvalue weighted by Crippen LogP contribution is -2.31. The number of hydrogen-bond donors (Lipinski definition) is 2. The van der Waals surface area contributed by atoms with Gasteiger partial charge in [-0.15, -0.1) is 0 Å². The molecule has 2 aromatic rings. The number of sulfonamides is 1. The van der Waals surface area contributed by atoms with Gasteiger partial charge in [0.25, 0.3) is 5.69 Å². The normalized spacial score (nSPS) is 17.1. The van der Waals surface area contributed by atoms with Crippen molar-refractivity contribution in [3.05, 3.63) is 63.2 Å². The standard InChI is InChI=1S/C17H19N3O4S/c1-11-5-7-14(10-17(11)20(21)22)25(23,24)19-16-4-2-3-12-9-13(18)6-8-15(12)16/h5-10,16,19H,2-4,18H2,1H3. The number of fused-ring (bicyclic) bond motifs is 1. The molecule has 0 fully saturated rings. The first-order chi connectivity index (χ1) is 11.8. The summed E-state index contributed by atoms with van der Waals surface area (Å²) >= 11 is 0. The molecule has 1 unspecified atom stereocenters. The van der Waals surface area contributed by atoms with E-state index in [1.54, 1.807) is 13.0 Å². The lowest BCUT2D eigenvalue weighted by molar-refractivity contribution is -0.385. The molecular formula is C17H19N3O4S. The van der Waals surface area contributed by atoms with Crippen LogP contribution in [0.2, 0.25) is 0 Å². The third-order valence-corrected chi connectivity index (χ3v) is 5.94. The third kappa shape index (κ3) is 3.49. The highest BCUT2D eigenvalue weighted by atomic mass is 32.2. The lowest BCUT2D eigenvalue weighted by atomic mass is 9.88. The van der Waals surface area contributed by atoms with Crippen molar-refractivity contribution in [3.8, 4) is 0 Å².